The average molecular weight is 412 g/mol. The topological polar surface area (TPSA) is 38.3 Å². The third-order valence-electron chi connectivity index (χ3n) is 3.71. The lowest BCUT2D eigenvalue weighted by Gasteiger charge is -2.08. The maximum absolute atomic E-state index is 11.8. The zero-order valence-corrected chi connectivity index (χ0v) is 17.1. The minimum absolute atomic E-state index is 0.0499. The zero-order chi connectivity index (χ0) is 18.8. The predicted octanol–water partition coefficient (Wildman–Crippen LogP) is 5.51. The van der Waals surface area contributed by atoms with E-state index in [1.807, 2.05) is 49.4 Å². The van der Waals surface area contributed by atoms with Gasteiger partial charge >= 0.3 is 0 Å². The van der Waals surface area contributed by atoms with Crippen molar-refractivity contribution in [1.29, 1.82) is 0 Å². The summed E-state index contributed by atoms with van der Waals surface area (Å²) < 4.78 is 5.62. The molecule has 0 saturated heterocycles. The monoisotopic (exact) mass is 411 g/mol. The Morgan fingerprint density at radius 3 is 2.50 bits per heavy atom. The lowest BCUT2D eigenvalue weighted by atomic mass is 10.2. The molecule has 140 valence electrons. The smallest absolute Gasteiger partial charge is 0.220 e. The number of nitrogens with one attached hydrogen (secondary N) is 1. The van der Waals surface area contributed by atoms with E-state index in [9.17, 15) is 4.79 Å². The minimum atomic E-state index is 0.0499. The van der Waals surface area contributed by atoms with Gasteiger partial charge in [0.05, 0.1) is 6.61 Å². The van der Waals surface area contributed by atoms with Gasteiger partial charge in [-0.25, -0.2) is 0 Å². The van der Waals surface area contributed by atoms with Crippen LogP contribution in [0.2, 0.25) is 10.0 Å². The van der Waals surface area contributed by atoms with Crippen LogP contribution in [0.25, 0.3) is 0 Å². The average Bonchev–Trinajstić information content (AvgIpc) is 2.62. The molecule has 0 atom stereocenters. The standard InChI is InChI=1S/C20H23Cl2NO2S/c1-15-7-9-16(10-8-15)25-12-3-6-20(24)23-11-13-26-14-17-18(21)4-2-5-19(17)22/h2,4-5,7-10H,3,6,11-14H2,1H3,(H,23,24). The molecule has 0 aliphatic rings. The molecule has 0 aliphatic carbocycles. The molecule has 0 spiro atoms. The number of carbonyl (C=O) groups is 1. The number of halogens is 2. The number of carbonyl (C=O) groups excluding carboxylic acids is 1. The molecule has 0 radical (unpaired) electrons. The Labute approximate surface area is 169 Å². The summed E-state index contributed by atoms with van der Waals surface area (Å²) in [4.78, 5) is 11.8. The summed E-state index contributed by atoms with van der Waals surface area (Å²) >= 11 is 14.0. The van der Waals surface area contributed by atoms with Crippen molar-refractivity contribution >= 4 is 40.9 Å². The molecule has 2 aromatic rings. The van der Waals surface area contributed by atoms with Crippen LogP contribution in [0.5, 0.6) is 5.75 Å². The van der Waals surface area contributed by atoms with Crippen molar-refractivity contribution < 1.29 is 9.53 Å². The fourth-order valence-corrected chi connectivity index (χ4v) is 3.85. The fourth-order valence-electron chi connectivity index (χ4n) is 2.25. The normalized spacial score (nSPS) is 10.6. The molecule has 1 N–H and O–H groups in total. The molecule has 1 amide bonds. The summed E-state index contributed by atoms with van der Waals surface area (Å²) in [5, 5.41) is 4.29. The summed E-state index contributed by atoms with van der Waals surface area (Å²) in [5.74, 6) is 2.44. The Morgan fingerprint density at radius 1 is 1.12 bits per heavy atom. The summed E-state index contributed by atoms with van der Waals surface area (Å²) in [5.41, 5.74) is 2.15. The quantitative estimate of drug-likeness (QED) is 0.523. The molecule has 0 aromatic heterocycles. The number of rotatable bonds is 10. The number of aryl methyl sites for hydroxylation is 1. The molecule has 0 bridgehead atoms. The van der Waals surface area contributed by atoms with E-state index in [0.717, 1.165) is 22.8 Å². The minimum Gasteiger partial charge on any atom is -0.494 e. The van der Waals surface area contributed by atoms with Gasteiger partial charge in [-0.15, -0.1) is 0 Å². The molecule has 0 heterocycles. The van der Waals surface area contributed by atoms with Crippen LogP contribution in [0, 0.1) is 6.92 Å². The Kier molecular flexibility index (Phi) is 9.16. The van der Waals surface area contributed by atoms with Crippen LogP contribution in [-0.4, -0.2) is 24.8 Å². The molecular formula is C20H23Cl2NO2S. The highest BCUT2D eigenvalue weighted by Crippen LogP contribution is 2.27. The second-order valence-electron chi connectivity index (χ2n) is 5.87. The number of ether oxygens (including phenoxy) is 1. The van der Waals surface area contributed by atoms with Crippen molar-refractivity contribution in [3.63, 3.8) is 0 Å². The van der Waals surface area contributed by atoms with Crippen LogP contribution in [0.15, 0.2) is 42.5 Å². The van der Waals surface area contributed by atoms with Gasteiger partial charge in [0.2, 0.25) is 5.91 Å². The summed E-state index contributed by atoms with van der Waals surface area (Å²) in [6.07, 6.45) is 1.16. The fraction of sp³-hybridized carbons (Fsp3) is 0.350. The number of hydrogen-bond acceptors (Lipinski definition) is 3. The molecule has 2 aromatic carbocycles. The third kappa shape index (κ3) is 7.48. The van der Waals surface area contributed by atoms with Crippen LogP contribution < -0.4 is 10.1 Å². The Bertz CT molecular complexity index is 687. The molecule has 26 heavy (non-hydrogen) atoms. The highest BCUT2D eigenvalue weighted by molar-refractivity contribution is 7.98. The highest BCUT2D eigenvalue weighted by atomic mass is 35.5. The first-order valence-electron chi connectivity index (χ1n) is 8.53. The largest absolute Gasteiger partial charge is 0.494 e. The molecule has 6 heteroatoms. The number of thioether (sulfide) groups is 1. The number of amides is 1. The van der Waals surface area contributed by atoms with Gasteiger partial charge in [-0.3, -0.25) is 4.79 Å². The van der Waals surface area contributed by atoms with Crippen molar-refractivity contribution in [2.75, 3.05) is 18.9 Å². The van der Waals surface area contributed by atoms with Gasteiger partial charge < -0.3 is 10.1 Å². The van der Waals surface area contributed by atoms with E-state index < -0.39 is 0 Å². The predicted molar refractivity (Wildman–Crippen MR) is 112 cm³/mol. The third-order valence-corrected chi connectivity index (χ3v) is 5.41. The van der Waals surface area contributed by atoms with Gasteiger partial charge in [0.1, 0.15) is 5.75 Å². The first kappa shape index (κ1) is 20.9. The van der Waals surface area contributed by atoms with E-state index in [1.54, 1.807) is 11.8 Å². The van der Waals surface area contributed by atoms with Gasteiger partial charge in [0, 0.05) is 34.5 Å². The molecule has 0 fully saturated rings. The maximum Gasteiger partial charge on any atom is 0.220 e. The van der Waals surface area contributed by atoms with E-state index in [1.165, 1.54) is 5.56 Å². The summed E-state index contributed by atoms with van der Waals surface area (Å²) in [7, 11) is 0. The molecule has 2 rings (SSSR count). The first-order valence-corrected chi connectivity index (χ1v) is 10.4. The van der Waals surface area contributed by atoms with Gasteiger partial charge in [0.25, 0.3) is 0 Å². The van der Waals surface area contributed by atoms with E-state index in [0.29, 0.717) is 36.0 Å². The van der Waals surface area contributed by atoms with Crippen molar-refractivity contribution in [3.05, 3.63) is 63.6 Å². The van der Waals surface area contributed by atoms with Gasteiger partial charge in [0.15, 0.2) is 0 Å². The van der Waals surface area contributed by atoms with Crippen molar-refractivity contribution in [1.82, 2.24) is 5.32 Å². The van der Waals surface area contributed by atoms with E-state index in [2.05, 4.69) is 5.32 Å². The van der Waals surface area contributed by atoms with Crippen LogP contribution in [0.1, 0.15) is 24.0 Å². The van der Waals surface area contributed by atoms with Gasteiger partial charge in [-0.05, 0) is 43.2 Å². The van der Waals surface area contributed by atoms with Crippen molar-refractivity contribution in [2.45, 2.75) is 25.5 Å². The van der Waals surface area contributed by atoms with Crippen molar-refractivity contribution in [2.24, 2.45) is 0 Å². The summed E-state index contributed by atoms with van der Waals surface area (Å²) in [6.45, 7) is 3.20. The number of hydrogen-bond donors (Lipinski definition) is 1. The first-order chi connectivity index (χ1) is 12.6. The molecule has 3 nitrogen and oxygen atoms in total. The zero-order valence-electron chi connectivity index (χ0n) is 14.8. The van der Waals surface area contributed by atoms with Crippen LogP contribution in [-0.2, 0) is 10.5 Å². The van der Waals surface area contributed by atoms with Crippen molar-refractivity contribution in [3.8, 4) is 5.75 Å². The Balaban J connectivity index is 1.53. The SMILES string of the molecule is Cc1ccc(OCCCC(=O)NCCSCc2c(Cl)cccc2Cl)cc1. The molecule has 0 saturated carbocycles. The van der Waals surface area contributed by atoms with Crippen LogP contribution >= 0.6 is 35.0 Å². The van der Waals surface area contributed by atoms with Gasteiger partial charge in [-0.2, -0.15) is 11.8 Å². The second-order valence-corrected chi connectivity index (χ2v) is 7.79. The second kappa shape index (κ2) is 11.4. The highest BCUT2D eigenvalue weighted by Gasteiger charge is 2.06. The number of benzene rings is 2. The van der Waals surface area contributed by atoms with Gasteiger partial charge in [-0.1, -0.05) is 47.0 Å². The van der Waals surface area contributed by atoms with E-state index in [4.69, 9.17) is 27.9 Å². The lowest BCUT2D eigenvalue weighted by molar-refractivity contribution is -0.121. The maximum atomic E-state index is 11.8. The van der Waals surface area contributed by atoms with Crippen LogP contribution in [0.3, 0.4) is 0 Å². The van der Waals surface area contributed by atoms with E-state index in [-0.39, 0.29) is 5.91 Å². The Hall–Kier alpha value is -1.36. The van der Waals surface area contributed by atoms with Crippen LogP contribution in [0.4, 0.5) is 0 Å². The van der Waals surface area contributed by atoms with E-state index >= 15 is 0 Å². The molecular weight excluding hydrogens is 389 g/mol. The summed E-state index contributed by atoms with van der Waals surface area (Å²) in [6, 6.07) is 13.4. The molecule has 0 unspecified atom stereocenters. The lowest BCUT2D eigenvalue weighted by Crippen LogP contribution is -2.25. The Morgan fingerprint density at radius 2 is 1.81 bits per heavy atom. The molecule has 0 aliphatic heterocycles.